The lowest BCUT2D eigenvalue weighted by molar-refractivity contribution is 0.183. The first kappa shape index (κ1) is 23.2. The van der Waals surface area contributed by atoms with Gasteiger partial charge in [-0.05, 0) is 96.4 Å². The lowest BCUT2D eigenvalue weighted by Gasteiger charge is -2.27. The highest BCUT2D eigenvalue weighted by molar-refractivity contribution is 5.89. The molecule has 1 atom stereocenters. The van der Waals surface area contributed by atoms with Gasteiger partial charge in [-0.25, -0.2) is 0 Å². The van der Waals surface area contributed by atoms with Crippen molar-refractivity contribution in [3.63, 3.8) is 0 Å². The third-order valence-corrected chi connectivity index (χ3v) is 7.72. The standard InChI is InChI=1S/C30H37NO3/c32-25-12-16-28-24(21-25)11-15-27(22-7-3-1-4-8-22)29(28)30(33)23-9-13-26(14-10-23)34-20-19-31-17-5-2-6-18-31/h9-16,21-22,30,32-33H,1-8,17-20H2. The van der Waals surface area contributed by atoms with Crippen LogP contribution >= 0.6 is 0 Å². The van der Waals surface area contributed by atoms with Crippen LogP contribution in [0.3, 0.4) is 0 Å². The molecule has 1 aliphatic carbocycles. The molecule has 4 heteroatoms. The van der Waals surface area contributed by atoms with Gasteiger partial charge in [0.1, 0.15) is 24.2 Å². The summed E-state index contributed by atoms with van der Waals surface area (Å²) in [5.74, 6) is 1.58. The van der Waals surface area contributed by atoms with Gasteiger partial charge in [0.15, 0.2) is 0 Å². The number of aromatic hydroxyl groups is 1. The van der Waals surface area contributed by atoms with Crippen LogP contribution in [0.15, 0.2) is 54.6 Å². The Balaban J connectivity index is 1.36. The van der Waals surface area contributed by atoms with Crippen LogP contribution in [0.1, 0.15) is 80.1 Å². The Hall–Kier alpha value is -2.56. The molecule has 1 saturated heterocycles. The predicted molar refractivity (Wildman–Crippen MR) is 138 cm³/mol. The molecule has 1 unspecified atom stereocenters. The Labute approximate surface area is 203 Å². The van der Waals surface area contributed by atoms with Crippen molar-refractivity contribution in [2.75, 3.05) is 26.2 Å². The Bertz CT molecular complexity index is 1080. The highest BCUT2D eigenvalue weighted by Crippen LogP contribution is 2.41. The molecule has 2 fully saturated rings. The van der Waals surface area contributed by atoms with Crippen LogP contribution in [0.5, 0.6) is 11.5 Å². The van der Waals surface area contributed by atoms with Crippen LogP contribution in [0.2, 0.25) is 0 Å². The molecule has 2 aliphatic rings. The second-order valence-electron chi connectivity index (χ2n) is 10.0. The number of fused-ring (bicyclic) bond motifs is 1. The van der Waals surface area contributed by atoms with Gasteiger partial charge in [0.25, 0.3) is 0 Å². The van der Waals surface area contributed by atoms with Crippen molar-refractivity contribution in [1.82, 2.24) is 4.90 Å². The maximum atomic E-state index is 11.6. The number of hydrogen-bond donors (Lipinski definition) is 2. The normalized spacial score (nSPS) is 18.7. The zero-order chi connectivity index (χ0) is 23.3. The average molecular weight is 460 g/mol. The molecule has 3 aromatic carbocycles. The number of hydrogen-bond acceptors (Lipinski definition) is 4. The minimum absolute atomic E-state index is 0.254. The maximum absolute atomic E-state index is 11.6. The van der Waals surface area contributed by atoms with Crippen LogP contribution in [-0.4, -0.2) is 41.4 Å². The molecule has 4 nitrogen and oxygen atoms in total. The van der Waals surface area contributed by atoms with Gasteiger partial charge in [-0.2, -0.15) is 0 Å². The van der Waals surface area contributed by atoms with E-state index in [1.807, 2.05) is 30.3 Å². The molecule has 1 heterocycles. The number of aliphatic hydroxyl groups is 1. The van der Waals surface area contributed by atoms with Crippen LogP contribution in [0.25, 0.3) is 10.8 Å². The van der Waals surface area contributed by atoms with Crippen molar-refractivity contribution < 1.29 is 14.9 Å². The highest BCUT2D eigenvalue weighted by Gasteiger charge is 2.24. The van der Waals surface area contributed by atoms with Crippen LogP contribution in [-0.2, 0) is 0 Å². The van der Waals surface area contributed by atoms with Crippen LogP contribution in [0, 0.1) is 0 Å². The van der Waals surface area contributed by atoms with Crippen molar-refractivity contribution in [3.05, 3.63) is 71.3 Å². The molecule has 0 aromatic heterocycles. The number of phenolic OH excluding ortho intramolecular Hbond substituents is 1. The summed E-state index contributed by atoms with van der Waals surface area (Å²) in [5.41, 5.74) is 3.12. The van der Waals surface area contributed by atoms with Crippen molar-refractivity contribution in [2.24, 2.45) is 0 Å². The fraction of sp³-hybridized carbons (Fsp3) is 0.467. The number of ether oxygens (including phenoxy) is 1. The second kappa shape index (κ2) is 10.8. The summed E-state index contributed by atoms with van der Waals surface area (Å²) in [7, 11) is 0. The molecule has 3 aromatic rings. The van der Waals surface area contributed by atoms with E-state index in [-0.39, 0.29) is 5.75 Å². The molecule has 0 amide bonds. The average Bonchev–Trinajstić information content (AvgIpc) is 2.89. The zero-order valence-corrected chi connectivity index (χ0v) is 20.1. The van der Waals surface area contributed by atoms with E-state index in [0.717, 1.165) is 34.2 Å². The van der Waals surface area contributed by atoms with E-state index in [1.165, 1.54) is 70.0 Å². The number of phenols is 1. The van der Waals surface area contributed by atoms with Gasteiger partial charge in [0, 0.05) is 6.54 Å². The van der Waals surface area contributed by atoms with Crippen LogP contribution in [0.4, 0.5) is 0 Å². The van der Waals surface area contributed by atoms with E-state index in [9.17, 15) is 10.2 Å². The minimum Gasteiger partial charge on any atom is -0.508 e. The highest BCUT2D eigenvalue weighted by atomic mass is 16.5. The number of piperidine rings is 1. The lowest BCUT2D eigenvalue weighted by atomic mass is 9.79. The summed E-state index contributed by atoms with van der Waals surface area (Å²) in [6.07, 6.45) is 9.37. The number of likely N-dealkylation sites (tertiary alicyclic amines) is 1. The largest absolute Gasteiger partial charge is 0.508 e. The van der Waals surface area contributed by atoms with Crippen molar-refractivity contribution in [2.45, 2.75) is 63.4 Å². The van der Waals surface area contributed by atoms with Crippen molar-refractivity contribution in [1.29, 1.82) is 0 Å². The zero-order valence-electron chi connectivity index (χ0n) is 20.1. The molecular weight excluding hydrogens is 422 g/mol. The Morgan fingerprint density at radius 1 is 0.853 bits per heavy atom. The molecule has 5 rings (SSSR count). The molecule has 1 saturated carbocycles. The number of aliphatic hydroxyl groups excluding tert-OH is 1. The SMILES string of the molecule is Oc1ccc2c(C(O)c3ccc(OCCN4CCCCC4)cc3)c(C3CCCCC3)ccc2c1. The molecule has 0 spiro atoms. The fourth-order valence-corrected chi connectivity index (χ4v) is 5.82. The third-order valence-electron chi connectivity index (χ3n) is 7.72. The van der Waals surface area contributed by atoms with Crippen molar-refractivity contribution >= 4 is 10.8 Å². The maximum Gasteiger partial charge on any atom is 0.119 e. The van der Waals surface area contributed by atoms with Gasteiger partial charge in [-0.15, -0.1) is 0 Å². The minimum atomic E-state index is -0.715. The van der Waals surface area contributed by atoms with Gasteiger partial charge in [-0.1, -0.05) is 56.0 Å². The third kappa shape index (κ3) is 5.24. The van der Waals surface area contributed by atoms with E-state index in [1.54, 1.807) is 12.1 Å². The van der Waals surface area contributed by atoms with E-state index < -0.39 is 6.10 Å². The van der Waals surface area contributed by atoms with E-state index >= 15 is 0 Å². The topological polar surface area (TPSA) is 52.9 Å². The summed E-state index contributed by atoms with van der Waals surface area (Å²) < 4.78 is 6.00. The van der Waals surface area contributed by atoms with Gasteiger partial charge in [0.2, 0.25) is 0 Å². The lowest BCUT2D eigenvalue weighted by Crippen LogP contribution is -2.33. The van der Waals surface area contributed by atoms with Crippen molar-refractivity contribution in [3.8, 4) is 11.5 Å². The Kier molecular flexibility index (Phi) is 7.36. The molecule has 34 heavy (non-hydrogen) atoms. The summed E-state index contributed by atoms with van der Waals surface area (Å²) in [6.45, 7) is 4.03. The second-order valence-corrected chi connectivity index (χ2v) is 10.0. The summed E-state index contributed by atoms with van der Waals surface area (Å²) in [5, 5.41) is 23.6. The summed E-state index contributed by atoms with van der Waals surface area (Å²) in [4.78, 5) is 2.48. The number of benzene rings is 3. The Morgan fingerprint density at radius 3 is 2.35 bits per heavy atom. The van der Waals surface area contributed by atoms with Crippen LogP contribution < -0.4 is 4.74 Å². The van der Waals surface area contributed by atoms with Gasteiger partial charge >= 0.3 is 0 Å². The number of rotatable bonds is 7. The Morgan fingerprint density at radius 2 is 1.59 bits per heavy atom. The first-order valence-electron chi connectivity index (χ1n) is 13.1. The predicted octanol–water partition coefficient (Wildman–Crippen LogP) is 6.54. The molecule has 2 N–H and O–H groups in total. The van der Waals surface area contributed by atoms with Gasteiger partial charge in [-0.3, -0.25) is 4.90 Å². The quantitative estimate of drug-likeness (QED) is 0.421. The summed E-state index contributed by atoms with van der Waals surface area (Å²) in [6, 6.07) is 17.7. The van der Waals surface area contributed by atoms with Gasteiger partial charge < -0.3 is 14.9 Å². The first-order valence-corrected chi connectivity index (χ1v) is 13.1. The van der Waals surface area contributed by atoms with E-state index in [4.69, 9.17) is 4.74 Å². The molecule has 0 radical (unpaired) electrons. The van der Waals surface area contributed by atoms with Gasteiger partial charge in [0.05, 0.1) is 0 Å². The molecule has 180 valence electrons. The first-order chi connectivity index (χ1) is 16.7. The molecule has 0 bridgehead atoms. The monoisotopic (exact) mass is 459 g/mol. The van der Waals surface area contributed by atoms with E-state index in [0.29, 0.717) is 12.5 Å². The number of nitrogens with zero attached hydrogens (tertiary/aromatic N) is 1. The molecule has 1 aliphatic heterocycles. The smallest absolute Gasteiger partial charge is 0.119 e. The summed E-state index contributed by atoms with van der Waals surface area (Å²) >= 11 is 0. The molecular formula is C30H37NO3. The van der Waals surface area contributed by atoms with E-state index in [2.05, 4.69) is 17.0 Å². The fourth-order valence-electron chi connectivity index (χ4n) is 5.82.